The van der Waals surface area contributed by atoms with Gasteiger partial charge in [-0.2, -0.15) is 0 Å². The average molecular weight is 277 g/mol. The third-order valence-corrected chi connectivity index (χ3v) is 3.77. The van der Waals surface area contributed by atoms with Crippen LogP contribution in [0.25, 0.3) is 0 Å². The molecule has 0 fully saturated rings. The second kappa shape index (κ2) is 5.24. The fourth-order valence-corrected chi connectivity index (χ4v) is 2.28. The van der Waals surface area contributed by atoms with E-state index in [1.165, 1.54) is 0 Å². The largest absolute Gasteiger partial charge is 0.496 e. The van der Waals surface area contributed by atoms with Gasteiger partial charge in [-0.1, -0.05) is 41.9 Å². The molecule has 2 nitrogen and oxygen atoms in total. The number of para-hydroxylation sites is 1. The number of methoxy groups -OCH3 is 1. The maximum Gasteiger partial charge on any atom is 0.125 e. The van der Waals surface area contributed by atoms with Gasteiger partial charge in [-0.3, -0.25) is 0 Å². The molecule has 1 N–H and O–H groups in total. The lowest BCUT2D eigenvalue weighted by atomic mass is 9.87. The van der Waals surface area contributed by atoms with Gasteiger partial charge >= 0.3 is 0 Å². The highest BCUT2D eigenvalue weighted by Crippen LogP contribution is 2.36. The van der Waals surface area contributed by atoms with Crippen LogP contribution in [0.2, 0.25) is 5.02 Å². The number of halogens is 1. The first-order chi connectivity index (χ1) is 8.96. The van der Waals surface area contributed by atoms with Crippen LogP contribution in [0.3, 0.4) is 0 Å². The molecule has 0 amide bonds. The van der Waals surface area contributed by atoms with Crippen molar-refractivity contribution in [3.63, 3.8) is 0 Å². The summed E-state index contributed by atoms with van der Waals surface area (Å²) in [5.41, 5.74) is 1.30. The van der Waals surface area contributed by atoms with Gasteiger partial charge in [-0.25, -0.2) is 0 Å². The smallest absolute Gasteiger partial charge is 0.125 e. The lowest BCUT2D eigenvalue weighted by Gasteiger charge is -2.26. The Kier molecular flexibility index (Phi) is 3.83. The summed E-state index contributed by atoms with van der Waals surface area (Å²) in [7, 11) is 1.59. The monoisotopic (exact) mass is 276 g/mol. The Morgan fingerprint density at radius 2 is 1.84 bits per heavy atom. The number of hydrogen-bond acceptors (Lipinski definition) is 2. The van der Waals surface area contributed by atoms with Gasteiger partial charge in [0.1, 0.15) is 11.4 Å². The maximum atomic E-state index is 10.8. The molecule has 0 saturated heterocycles. The summed E-state index contributed by atoms with van der Waals surface area (Å²) in [6, 6.07) is 13.0. The van der Waals surface area contributed by atoms with Crippen molar-refractivity contribution in [2.24, 2.45) is 0 Å². The number of aliphatic hydroxyl groups is 1. The first kappa shape index (κ1) is 13.9. The van der Waals surface area contributed by atoms with E-state index in [2.05, 4.69) is 0 Å². The molecule has 2 rings (SSSR count). The van der Waals surface area contributed by atoms with Crippen molar-refractivity contribution in [2.45, 2.75) is 19.4 Å². The quantitative estimate of drug-likeness (QED) is 0.921. The van der Waals surface area contributed by atoms with Crippen molar-refractivity contribution in [3.05, 3.63) is 64.2 Å². The highest BCUT2D eigenvalue weighted by Gasteiger charge is 2.29. The molecule has 0 bridgehead atoms. The van der Waals surface area contributed by atoms with Crippen LogP contribution in [0.15, 0.2) is 42.5 Å². The Hall–Kier alpha value is -1.51. The normalized spacial score (nSPS) is 13.9. The first-order valence-corrected chi connectivity index (χ1v) is 6.47. The van der Waals surface area contributed by atoms with Crippen molar-refractivity contribution >= 4 is 11.6 Å². The lowest BCUT2D eigenvalue weighted by molar-refractivity contribution is 0.0989. The van der Waals surface area contributed by atoms with Gasteiger partial charge in [0, 0.05) is 10.6 Å². The third kappa shape index (κ3) is 2.60. The number of aryl methyl sites for hydroxylation is 1. The molecule has 1 atom stereocenters. The summed E-state index contributed by atoms with van der Waals surface area (Å²) in [4.78, 5) is 0. The van der Waals surface area contributed by atoms with Crippen molar-refractivity contribution in [2.75, 3.05) is 7.11 Å². The average Bonchev–Trinajstić information content (AvgIpc) is 2.41. The van der Waals surface area contributed by atoms with Gasteiger partial charge in [0.2, 0.25) is 0 Å². The Balaban J connectivity index is 2.54. The van der Waals surface area contributed by atoms with E-state index in [1.807, 2.05) is 43.3 Å². The van der Waals surface area contributed by atoms with Gasteiger partial charge in [0.15, 0.2) is 0 Å². The summed E-state index contributed by atoms with van der Waals surface area (Å²) >= 11 is 6.14. The second-order valence-electron chi connectivity index (χ2n) is 4.74. The summed E-state index contributed by atoms with van der Waals surface area (Å²) in [5.74, 6) is 0.657. The molecule has 3 heteroatoms. The standard InChI is InChI=1S/C16H17ClO2/c1-11-8-9-12(10-14(11)17)16(2,18)13-6-4-5-7-15(13)19-3/h4-10,18H,1-3H3. The Morgan fingerprint density at radius 3 is 2.47 bits per heavy atom. The molecule has 0 spiro atoms. The van der Waals surface area contributed by atoms with Crippen LogP contribution in [0.4, 0.5) is 0 Å². The SMILES string of the molecule is COc1ccccc1C(C)(O)c1ccc(C)c(Cl)c1. The topological polar surface area (TPSA) is 29.5 Å². The van der Waals surface area contributed by atoms with Gasteiger partial charge < -0.3 is 9.84 Å². The number of ether oxygens (including phenoxy) is 1. The minimum Gasteiger partial charge on any atom is -0.496 e. The van der Waals surface area contributed by atoms with E-state index in [4.69, 9.17) is 16.3 Å². The highest BCUT2D eigenvalue weighted by atomic mass is 35.5. The zero-order valence-corrected chi connectivity index (χ0v) is 12.0. The molecule has 2 aromatic rings. The van der Waals surface area contributed by atoms with Crippen LogP contribution < -0.4 is 4.74 Å². The van der Waals surface area contributed by atoms with E-state index in [1.54, 1.807) is 20.1 Å². The van der Waals surface area contributed by atoms with Gasteiger partial charge in [-0.15, -0.1) is 0 Å². The Morgan fingerprint density at radius 1 is 1.16 bits per heavy atom. The predicted molar refractivity (Wildman–Crippen MR) is 77.9 cm³/mol. The predicted octanol–water partition coefficient (Wildman–Crippen LogP) is 3.91. The second-order valence-corrected chi connectivity index (χ2v) is 5.14. The van der Waals surface area contributed by atoms with Crippen molar-refractivity contribution in [3.8, 4) is 5.75 Å². The van der Waals surface area contributed by atoms with Crippen molar-refractivity contribution in [1.82, 2.24) is 0 Å². The zero-order chi connectivity index (χ0) is 14.0. The first-order valence-electron chi connectivity index (χ1n) is 6.09. The van der Waals surface area contributed by atoms with Crippen LogP contribution in [0, 0.1) is 6.92 Å². The fraction of sp³-hybridized carbons (Fsp3) is 0.250. The molecular weight excluding hydrogens is 260 g/mol. The molecule has 100 valence electrons. The molecule has 0 aliphatic heterocycles. The summed E-state index contributed by atoms with van der Waals surface area (Å²) in [6.07, 6.45) is 0. The molecule has 1 unspecified atom stereocenters. The van der Waals surface area contributed by atoms with E-state index in [-0.39, 0.29) is 0 Å². The molecule has 2 aromatic carbocycles. The van der Waals surface area contributed by atoms with Crippen LogP contribution in [-0.2, 0) is 5.60 Å². The van der Waals surface area contributed by atoms with Crippen molar-refractivity contribution < 1.29 is 9.84 Å². The summed E-state index contributed by atoms with van der Waals surface area (Å²) < 4.78 is 5.31. The highest BCUT2D eigenvalue weighted by molar-refractivity contribution is 6.31. The summed E-state index contributed by atoms with van der Waals surface area (Å²) in [6.45, 7) is 3.68. The van der Waals surface area contributed by atoms with Gasteiger partial charge in [-0.05, 0) is 37.1 Å². The number of benzene rings is 2. The molecule has 0 radical (unpaired) electrons. The van der Waals surface area contributed by atoms with Crippen LogP contribution in [-0.4, -0.2) is 12.2 Å². The molecular formula is C16H17ClO2. The van der Waals surface area contributed by atoms with E-state index < -0.39 is 5.60 Å². The van der Waals surface area contributed by atoms with Crippen LogP contribution in [0.1, 0.15) is 23.6 Å². The van der Waals surface area contributed by atoms with Gasteiger partial charge in [0.25, 0.3) is 0 Å². The van der Waals surface area contributed by atoms with Gasteiger partial charge in [0.05, 0.1) is 7.11 Å². The van der Waals surface area contributed by atoms with Crippen LogP contribution in [0.5, 0.6) is 5.75 Å². The lowest BCUT2D eigenvalue weighted by Crippen LogP contribution is -2.23. The number of hydrogen-bond donors (Lipinski definition) is 1. The molecule has 19 heavy (non-hydrogen) atoms. The van der Waals surface area contributed by atoms with Crippen LogP contribution >= 0.6 is 11.6 Å². The third-order valence-electron chi connectivity index (χ3n) is 3.37. The minimum absolute atomic E-state index is 0.646. The Labute approximate surface area is 118 Å². The molecule has 0 aliphatic carbocycles. The fourth-order valence-electron chi connectivity index (χ4n) is 2.10. The molecule has 0 aromatic heterocycles. The van der Waals surface area contributed by atoms with Crippen molar-refractivity contribution in [1.29, 1.82) is 0 Å². The molecule has 0 saturated carbocycles. The van der Waals surface area contributed by atoms with E-state index in [9.17, 15) is 5.11 Å². The maximum absolute atomic E-state index is 10.8. The minimum atomic E-state index is -1.15. The van der Waals surface area contributed by atoms with E-state index in [0.29, 0.717) is 10.8 Å². The molecule has 0 heterocycles. The molecule has 0 aliphatic rings. The Bertz CT molecular complexity index is 591. The van der Waals surface area contributed by atoms with E-state index in [0.717, 1.165) is 16.7 Å². The van der Waals surface area contributed by atoms with E-state index >= 15 is 0 Å². The summed E-state index contributed by atoms with van der Waals surface area (Å²) in [5, 5.41) is 11.5. The number of rotatable bonds is 3. The zero-order valence-electron chi connectivity index (χ0n) is 11.3.